The molecular formula is C10H13BrN2. The minimum absolute atomic E-state index is 0.600. The second kappa shape index (κ2) is 3.68. The Labute approximate surface area is 86.6 Å². The molecule has 0 spiro atoms. The van der Waals surface area contributed by atoms with E-state index in [0.717, 1.165) is 10.0 Å². The van der Waals surface area contributed by atoms with Crippen molar-refractivity contribution in [1.82, 2.24) is 0 Å². The van der Waals surface area contributed by atoms with Crippen LogP contribution in [-0.2, 0) is 6.54 Å². The quantitative estimate of drug-likeness (QED) is 0.853. The molecule has 13 heavy (non-hydrogen) atoms. The van der Waals surface area contributed by atoms with Crippen molar-refractivity contribution in [3.8, 4) is 0 Å². The molecule has 0 atom stereocenters. The maximum absolute atomic E-state index is 5.54. The number of hydrogen-bond acceptors (Lipinski definition) is 2. The van der Waals surface area contributed by atoms with Gasteiger partial charge in [0.05, 0.1) is 0 Å². The van der Waals surface area contributed by atoms with Crippen molar-refractivity contribution >= 4 is 21.6 Å². The average molecular weight is 241 g/mol. The van der Waals surface area contributed by atoms with Crippen LogP contribution in [0, 0.1) is 0 Å². The Kier molecular flexibility index (Phi) is 2.56. The van der Waals surface area contributed by atoms with Gasteiger partial charge >= 0.3 is 0 Å². The number of benzene rings is 1. The Morgan fingerprint density at radius 3 is 2.77 bits per heavy atom. The van der Waals surface area contributed by atoms with Crippen molar-refractivity contribution in [1.29, 1.82) is 0 Å². The minimum atomic E-state index is 0.600. The Morgan fingerprint density at radius 1 is 1.46 bits per heavy atom. The maximum atomic E-state index is 5.54. The number of anilines is 1. The molecule has 2 nitrogen and oxygen atoms in total. The summed E-state index contributed by atoms with van der Waals surface area (Å²) in [7, 11) is 0. The van der Waals surface area contributed by atoms with Gasteiger partial charge in [0, 0.05) is 22.7 Å². The molecule has 0 bridgehead atoms. The zero-order valence-electron chi connectivity index (χ0n) is 7.39. The molecular weight excluding hydrogens is 228 g/mol. The molecule has 0 aliphatic heterocycles. The molecule has 0 saturated heterocycles. The molecule has 1 fully saturated rings. The summed E-state index contributed by atoms with van der Waals surface area (Å²) in [6.07, 6.45) is 2.59. The summed E-state index contributed by atoms with van der Waals surface area (Å²) >= 11 is 3.53. The van der Waals surface area contributed by atoms with E-state index in [0.29, 0.717) is 12.6 Å². The molecule has 2 rings (SSSR count). The molecule has 0 unspecified atom stereocenters. The molecule has 1 saturated carbocycles. The van der Waals surface area contributed by atoms with Crippen LogP contribution in [0.25, 0.3) is 0 Å². The lowest BCUT2D eigenvalue weighted by molar-refractivity contribution is 1.06. The first-order chi connectivity index (χ1) is 6.29. The molecule has 0 radical (unpaired) electrons. The van der Waals surface area contributed by atoms with Crippen LogP contribution in [0.5, 0.6) is 0 Å². The van der Waals surface area contributed by atoms with E-state index < -0.39 is 0 Å². The predicted octanol–water partition coefficient (Wildman–Crippen LogP) is 2.48. The molecule has 1 aromatic carbocycles. The van der Waals surface area contributed by atoms with E-state index in [4.69, 9.17) is 5.73 Å². The van der Waals surface area contributed by atoms with E-state index in [-0.39, 0.29) is 0 Å². The zero-order chi connectivity index (χ0) is 9.26. The Balaban J connectivity index is 2.15. The second-order valence-corrected chi connectivity index (χ2v) is 4.29. The van der Waals surface area contributed by atoms with Crippen LogP contribution in [0.4, 0.5) is 5.69 Å². The van der Waals surface area contributed by atoms with Crippen LogP contribution in [0.3, 0.4) is 0 Å². The third-order valence-corrected chi connectivity index (χ3v) is 2.86. The van der Waals surface area contributed by atoms with Gasteiger partial charge in [-0.05, 0) is 46.5 Å². The SMILES string of the molecule is NCc1ccc(NC2CC2)c(Br)c1. The summed E-state index contributed by atoms with van der Waals surface area (Å²) in [4.78, 5) is 0. The number of rotatable bonds is 3. The molecule has 1 aromatic rings. The van der Waals surface area contributed by atoms with Crippen molar-refractivity contribution in [2.45, 2.75) is 25.4 Å². The monoisotopic (exact) mass is 240 g/mol. The minimum Gasteiger partial charge on any atom is -0.381 e. The number of nitrogens with one attached hydrogen (secondary N) is 1. The summed E-state index contributed by atoms with van der Waals surface area (Å²) in [5.41, 5.74) is 7.88. The molecule has 0 amide bonds. The van der Waals surface area contributed by atoms with Crippen molar-refractivity contribution in [3.63, 3.8) is 0 Å². The third kappa shape index (κ3) is 2.23. The van der Waals surface area contributed by atoms with Gasteiger partial charge in [-0.15, -0.1) is 0 Å². The highest BCUT2D eigenvalue weighted by Crippen LogP contribution is 2.30. The van der Waals surface area contributed by atoms with Gasteiger partial charge in [-0.3, -0.25) is 0 Å². The molecule has 0 aromatic heterocycles. The zero-order valence-corrected chi connectivity index (χ0v) is 8.97. The smallest absolute Gasteiger partial charge is 0.0486 e. The van der Waals surface area contributed by atoms with E-state index in [1.165, 1.54) is 18.5 Å². The lowest BCUT2D eigenvalue weighted by atomic mass is 10.2. The number of nitrogens with two attached hydrogens (primary N) is 1. The predicted molar refractivity (Wildman–Crippen MR) is 58.7 cm³/mol. The molecule has 3 heteroatoms. The van der Waals surface area contributed by atoms with Gasteiger partial charge < -0.3 is 11.1 Å². The fourth-order valence-electron chi connectivity index (χ4n) is 1.25. The molecule has 3 N–H and O–H groups in total. The van der Waals surface area contributed by atoms with Gasteiger partial charge in [-0.25, -0.2) is 0 Å². The lowest BCUT2D eigenvalue weighted by Crippen LogP contribution is -2.02. The summed E-state index contributed by atoms with van der Waals surface area (Å²) < 4.78 is 1.11. The van der Waals surface area contributed by atoms with Crippen LogP contribution in [0.1, 0.15) is 18.4 Å². The summed E-state index contributed by atoms with van der Waals surface area (Å²) in [5.74, 6) is 0. The third-order valence-electron chi connectivity index (χ3n) is 2.21. The van der Waals surface area contributed by atoms with Crippen LogP contribution in [-0.4, -0.2) is 6.04 Å². The van der Waals surface area contributed by atoms with Gasteiger partial charge in [-0.1, -0.05) is 6.07 Å². The van der Waals surface area contributed by atoms with E-state index in [2.05, 4.69) is 39.4 Å². The highest BCUT2D eigenvalue weighted by atomic mass is 79.9. The first kappa shape index (κ1) is 9.03. The van der Waals surface area contributed by atoms with E-state index in [1.54, 1.807) is 0 Å². The largest absolute Gasteiger partial charge is 0.381 e. The van der Waals surface area contributed by atoms with Gasteiger partial charge in [0.2, 0.25) is 0 Å². The van der Waals surface area contributed by atoms with E-state index in [9.17, 15) is 0 Å². The normalized spacial score (nSPS) is 15.8. The van der Waals surface area contributed by atoms with Crippen LogP contribution in [0.2, 0.25) is 0 Å². The lowest BCUT2D eigenvalue weighted by Gasteiger charge is -2.08. The number of hydrogen-bond donors (Lipinski definition) is 2. The van der Waals surface area contributed by atoms with Crippen molar-refractivity contribution in [2.24, 2.45) is 5.73 Å². The summed E-state index contributed by atoms with van der Waals surface area (Å²) in [5, 5.41) is 3.45. The summed E-state index contributed by atoms with van der Waals surface area (Å²) in [6.45, 7) is 0.600. The Hall–Kier alpha value is -0.540. The van der Waals surface area contributed by atoms with Crippen LogP contribution in [0.15, 0.2) is 22.7 Å². The molecule has 1 aliphatic rings. The van der Waals surface area contributed by atoms with Crippen LogP contribution < -0.4 is 11.1 Å². The Bertz CT molecular complexity index is 308. The molecule has 1 aliphatic carbocycles. The standard InChI is InChI=1S/C10H13BrN2/c11-9-5-7(6-12)1-4-10(9)13-8-2-3-8/h1,4-5,8,13H,2-3,6,12H2. The topological polar surface area (TPSA) is 38.0 Å². The summed E-state index contributed by atoms with van der Waals surface area (Å²) in [6, 6.07) is 6.92. The first-order valence-corrected chi connectivity index (χ1v) is 5.34. The van der Waals surface area contributed by atoms with Gasteiger partial charge in [-0.2, -0.15) is 0 Å². The van der Waals surface area contributed by atoms with Gasteiger partial charge in [0.1, 0.15) is 0 Å². The Morgan fingerprint density at radius 2 is 2.23 bits per heavy atom. The van der Waals surface area contributed by atoms with Gasteiger partial charge in [0.15, 0.2) is 0 Å². The number of halogens is 1. The second-order valence-electron chi connectivity index (χ2n) is 3.44. The van der Waals surface area contributed by atoms with Crippen molar-refractivity contribution in [3.05, 3.63) is 28.2 Å². The van der Waals surface area contributed by atoms with Gasteiger partial charge in [0.25, 0.3) is 0 Å². The van der Waals surface area contributed by atoms with Crippen molar-refractivity contribution < 1.29 is 0 Å². The molecule has 70 valence electrons. The van der Waals surface area contributed by atoms with E-state index >= 15 is 0 Å². The first-order valence-electron chi connectivity index (χ1n) is 4.54. The van der Waals surface area contributed by atoms with Crippen LogP contribution >= 0.6 is 15.9 Å². The van der Waals surface area contributed by atoms with Crippen molar-refractivity contribution in [2.75, 3.05) is 5.32 Å². The fraction of sp³-hybridized carbons (Fsp3) is 0.400. The highest BCUT2D eigenvalue weighted by Gasteiger charge is 2.21. The average Bonchev–Trinajstić information content (AvgIpc) is 2.92. The highest BCUT2D eigenvalue weighted by molar-refractivity contribution is 9.10. The molecule has 0 heterocycles. The maximum Gasteiger partial charge on any atom is 0.0486 e. The van der Waals surface area contributed by atoms with E-state index in [1.807, 2.05) is 0 Å². The fourth-order valence-corrected chi connectivity index (χ4v) is 1.79.